The summed E-state index contributed by atoms with van der Waals surface area (Å²) < 4.78 is 2.94. The summed E-state index contributed by atoms with van der Waals surface area (Å²) in [7, 11) is 1.90. The number of carbonyl (C=O) groups is 1. The lowest BCUT2D eigenvalue weighted by Gasteiger charge is -2.35. The Balaban J connectivity index is 0.00000169. The maximum Gasteiger partial charge on any atom is 0.255 e. The fraction of sp³-hybridized carbons (Fsp3) is 0.294. The molecule has 5 nitrogen and oxygen atoms in total. The maximum atomic E-state index is 13.1. The highest BCUT2D eigenvalue weighted by molar-refractivity contribution is 7.17. The molecule has 126 valence electrons. The van der Waals surface area contributed by atoms with Gasteiger partial charge < -0.3 is 10.2 Å². The van der Waals surface area contributed by atoms with E-state index in [1.807, 2.05) is 47.9 Å². The van der Waals surface area contributed by atoms with Gasteiger partial charge in [0.05, 0.1) is 17.8 Å². The topological polar surface area (TPSA) is 50.2 Å². The molecule has 1 aliphatic heterocycles. The van der Waals surface area contributed by atoms with E-state index in [0.29, 0.717) is 6.54 Å². The van der Waals surface area contributed by atoms with Gasteiger partial charge in [-0.2, -0.15) is 5.10 Å². The number of aromatic nitrogens is 2. The minimum absolute atomic E-state index is 0. The van der Waals surface area contributed by atoms with Gasteiger partial charge in [-0.25, -0.2) is 0 Å². The van der Waals surface area contributed by atoms with Crippen LogP contribution in [0, 0.1) is 0 Å². The SMILES string of the molecule is Cl.Cn1cc(C2CNCCN2C(=O)c2csc3ccccc23)cn1. The summed E-state index contributed by atoms with van der Waals surface area (Å²) in [5, 5.41) is 10.7. The molecule has 1 unspecified atom stereocenters. The maximum absolute atomic E-state index is 13.1. The number of hydrogen-bond acceptors (Lipinski definition) is 4. The molecule has 1 fully saturated rings. The Bertz CT molecular complexity index is 859. The van der Waals surface area contributed by atoms with Gasteiger partial charge >= 0.3 is 0 Å². The molecule has 24 heavy (non-hydrogen) atoms. The van der Waals surface area contributed by atoms with Gasteiger partial charge in [-0.15, -0.1) is 23.7 Å². The first-order valence-corrected chi connectivity index (χ1v) is 8.58. The van der Waals surface area contributed by atoms with E-state index >= 15 is 0 Å². The fourth-order valence-corrected chi connectivity index (χ4v) is 4.09. The number of hydrogen-bond donors (Lipinski definition) is 1. The summed E-state index contributed by atoms with van der Waals surface area (Å²) in [5.41, 5.74) is 1.88. The van der Waals surface area contributed by atoms with E-state index in [9.17, 15) is 4.79 Å². The van der Waals surface area contributed by atoms with Crippen LogP contribution in [-0.4, -0.2) is 40.2 Å². The first-order chi connectivity index (χ1) is 11.2. The molecule has 7 heteroatoms. The van der Waals surface area contributed by atoms with Crippen LogP contribution in [0.4, 0.5) is 0 Å². The van der Waals surface area contributed by atoms with E-state index in [4.69, 9.17) is 0 Å². The van der Waals surface area contributed by atoms with E-state index in [2.05, 4.69) is 16.5 Å². The van der Waals surface area contributed by atoms with Gasteiger partial charge in [-0.1, -0.05) is 18.2 Å². The van der Waals surface area contributed by atoms with Crippen molar-refractivity contribution in [3.8, 4) is 0 Å². The highest BCUT2D eigenvalue weighted by atomic mass is 35.5. The summed E-state index contributed by atoms with van der Waals surface area (Å²) in [6.45, 7) is 2.30. The molecule has 3 aromatic rings. The monoisotopic (exact) mass is 362 g/mol. The standard InChI is InChI=1S/C17H18N4OS.ClH/c1-20-10-12(8-19-20)15-9-18-6-7-21(15)17(22)14-11-23-16-5-3-2-4-13(14)16;/h2-5,8,10-11,15,18H,6-7,9H2,1H3;1H. The average Bonchev–Trinajstić information content (AvgIpc) is 3.20. The largest absolute Gasteiger partial charge is 0.329 e. The Labute approximate surface area is 150 Å². The third-order valence-corrected chi connectivity index (χ3v) is 5.29. The molecular formula is C17H19ClN4OS. The van der Waals surface area contributed by atoms with Crippen LogP contribution < -0.4 is 5.32 Å². The second kappa shape index (κ2) is 6.93. The molecule has 0 spiro atoms. The van der Waals surface area contributed by atoms with Gasteiger partial charge in [0.25, 0.3) is 5.91 Å². The molecule has 3 heterocycles. The van der Waals surface area contributed by atoms with Gasteiger partial charge in [0, 0.05) is 53.9 Å². The Morgan fingerprint density at radius 1 is 1.38 bits per heavy atom. The number of carbonyl (C=O) groups excluding carboxylic acids is 1. The number of nitrogens with one attached hydrogen (secondary N) is 1. The van der Waals surface area contributed by atoms with Crippen molar-refractivity contribution >= 4 is 39.7 Å². The smallest absolute Gasteiger partial charge is 0.255 e. The molecule has 2 aromatic heterocycles. The summed E-state index contributed by atoms with van der Waals surface area (Å²) in [6.07, 6.45) is 3.84. The summed E-state index contributed by atoms with van der Waals surface area (Å²) in [5.74, 6) is 0.109. The zero-order valence-electron chi connectivity index (χ0n) is 13.3. The third-order valence-electron chi connectivity index (χ3n) is 4.33. The number of amides is 1. The Hall–Kier alpha value is -1.89. The second-order valence-electron chi connectivity index (χ2n) is 5.81. The van der Waals surface area contributed by atoms with Gasteiger partial charge in [-0.05, 0) is 6.07 Å². The number of fused-ring (bicyclic) bond motifs is 1. The summed E-state index contributed by atoms with van der Waals surface area (Å²) in [4.78, 5) is 15.1. The number of piperazine rings is 1. The van der Waals surface area contributed by atoms with E-state index in [1.54, 1.807) is 16.0 Å². The Morgan fingerprint density at radius 3 is 3.00 bits per heavy atom. The van der Waals surface area contributed by atoms with Crippen LogP contribution in [0.1, 0.15) is 22.0 Å². The number of halogens is 1. The van der Waals surface area contributed by atoms with Crippen LogP contribution >= 0.6 is 23.7 Å². The summed E-state index contributed by atoms with van der Waals surface area (Å²) in [6, 6.07) is 8.12. The van der Waals surface area contributed by atoms with Crippen molar-refractivity contribution in [2.24, 2.45) is 7.05 Å². The second-order valence-corrected chi connectivity index (χ2v) is 6.72. The lowest BCUT2D eigenvalue weighted by Crippen LogP contribution is -2.48. The number of nitrogens with zero attached hydrogens (tertiary/aromatic N) is 3. The minimum Gasteiger partial charge on any atom is -0.329 e. The van der Waals surface area contributed by atoms with Crippen LogP contribution in [0.3, 0.4) is 0 Å². The zero-order valence-corrected chi connectivity index (χ0v) is 14.9. The van der Waals surface area contributed by atoms with Crippen LogP contribution in [0.5, 0.6) is 0 Å². The molecule has 4 rings (SSSR count). The predicted molar refractivity (Wildman–Crippen MR) is 98.9 cm³/mol. The lowest BCUT2D eigenvalue weighted by molar-refractivity contribution is 0.0637. The molecule has 0 radical (unpaired) electrons. The van der Waals surface area contributed by atoms with E-state index in [0.717, 1.165) is 34.3 Å². The molecule has 1 atom stereocenters. The third kappa shape index (κ3) is 2.92. The van der Waals surface area contributed by atoms with Gasteiger partial charge in [0.15, 0.2) is 0 Å². The fourth-order valence-electron chi connectivity index (χ4n) is 3.16. The normalized spacial score (nSPS) is 17.7. The molecular weight excluding hydrogens is 344 g/mol. The quantitative estimate of drug-likeness (QED) is 0.762. The van der Waals surface area contributed by atoms with Crippen LogP contribution in [0.15, 0.2) is 42.0 Å². The van der Waals surface area contributed by atoms with E-state index in [1.165, 1.54) is 0 Å². The van der Waals surface area contributed by atoms with Crippen LogP contribution in [0.25, 0.3) is 10.1 Å². The molecule has 1 saturated heterocycles. The van der Waals surface area contributed by atoms with Crippen molar-refractivity contribution < 1.29 is 4.79 Å². The van der Waals surface area contributed by atoms with Crippen molar-refractivity contribution in [2.45, 2.75) is 6.04 Å². The van der Waals surface area contributed by atoms with Gasteiger partial charge in [0.2, 0.25) is 0 Å². The first kappa shape index (κ1) is 17.0. The molecule has 0 bridgehead atoms. The number of aryl methyl sites for hydroxylation is 1. The summed E-state index contributed by atoms with van der Waals surface area (Å²) >= 11 is 1.63. The first-order valence-electron chi connectivity index (χ1n) is 7.70. The highest BCUT2D eigenvalue weighted by Crippen LogP contribution is 2.30. The molecule has 1 aliphatic rings. The van der Waals surface area contributed by atoms with Gasteiger partial charge in [0.1, 0.15) is 0 Å². The number of thiophene rings is 1. The number of benzene rings is 1. The molecule has 1 aromatic carbocycles. The average molecular weight is 363 g/mol. The van der Waals surface area contributed by atoms with Crippen LogP contribution in [-0.2, 0) is 7.05 Å². The number of rotatable bonds is 2. The Kier molecular flexibility index (Phi) is 4.89. The minimum atomic E-state index is 0. The zero-order chi connectivity index (χ0) is 15.8. The lowest BCUT2D eigenvalue weighted by atomic mass is 10.0. The van der Waals surface area contributed by atoms with Crippen molar-refractivity contribution in [1.82, 2.24) is 20.0 Å². The molecule has 1 N–H and O–H groups in total. The molecule has 0 saturated carbocycles. The van der Waals surface area contributed by atoms with Crippen molar-refractivity contribution in [2.75, 3.05) is 19.6 Å². The van der Waals surface area contributed by atoms with Gasteiger partial charge in [-0.3, -0.25) is 9.48 Å². The predicted octanol–water partition coefficient (Wildman–Crippen LogP) is 2.84. The highest BCUT2D eigenvalue weighted by Gasteiger charge is 2.30. The molecule has 0 aliphatic carbocycles. The Morgan fingerprint density at radius 2 is 2.21 bits per heavy atom. The van der Waals surface area contributed by atoms with Crippen molar-refractivity contribution in [1.29, 1.82) is 0 Å². The molecule has 1 amide bonds. The van der Waals surface area contributed by atoms with Crippen molar-refractivity contribution in [3.63, 3.8) is 0 Å². The van der Waals surface area contributed by atoms with Crippen LogP contribution in [0.2, 0.25) is 0 Å². The van der Waals surface area contributed by atoms with E-state index in [-0.39, 0.29) is 24.4 Å². The van der Waals surface area contributed by atoms with E-state index < -0.39 is 0 Å². The van der Waals surface area contributed by atoms with Crippen molar-refractivity contribution in [3.05, 3.63) is 53.2 Å².